The SMILES string of the molecule is COc1cccc(Nc2ncnc3onc(C)c23)c1. The lowest BCUT2D eigenvalue weighted by Crippen LogP contribution is -1.96. The van der Waals surface area contributed by atoms with E-state index in [4.69, 9.17) is 9.26 Å². The molecule has 0 saturated heterocycles. The highest BCUT2D eigenvalue weighted by molar-refractivity contribution is 5.89. The predicted octanol–water partition coefficient (Wildman–Crippen LogP) is 2.68. The fourth-order valence-electron chi connectivity index (χ4n) is 1.85. The summed E-state index contributed by atoms with van der Waals surface area (Å²) in [7, 11) is 1.63. The maximum Gasteiger partial charge on any atom is 0.263 e. The van der Waals surface area contributed by atoms with Crippen molar-refractivity contribution in [2.24, 2.45) is 0 Å². The van der Waals surface area contributed by atoms with Gasteiger partial charge in [0.15, 0.2) is 0 Å². The highest BCUT2D eigenvalue weighted by Gasteiger charge is 2.12. The van der Waals surface area contributed by atoms with Gasteiger partial charge in [0.1, 0.15) is 23.3 Å². The zero-order valence-corrected chi connectivity index (χ0v) is 10.5. The summed E-state index contributed by atoms with van der Waals surface area (Å²) in [6, 6.07) is 7.60. The summed E-state index contributed by atoms with van der Waals surface area (Å²) in [5.74, 6) is 1.44. The van der Waals surface area contributed by atoms with Gasteiger partial charge in [0, 0.05) is 11.8 Å². The molecular formula is C13H12N4O2. The first-order chi connectivity index (χ1) is 9.28. The van der Waals surface area contributed by atoms with Crippen LogP contribution in [0.25, 0.3) is 11.1 Å². The predicted molar refractivity (Wildman–Crippen MR) is 70.6 cm³/mol. The molecule has 0 radical (unpaired) electrons. The van der Waals surface area contributed by atoms with Gasteiger partial charge < -0.3 is 14.6 Å². The van der Waals surface area contributed by atoms with Crippen molar-refractivity contribution in [3.05, 3.63) is 36.3 Å². The molecule has 19 heavy (non-hydrogen) atoms. The minimum absolute atomic E-state index is 0.470. The molecule has 1 N–H and O–H groups in total. The summed E-state index contributed by atoms with van der Waals surface area (Å²) in [6.07, 6.45) is 1.44. The summed E-state index contributed by atoms with van der Waals surface area (Å²) in [6.45, 7) is 1.85. The van der Waals surface area contributed by atoms with E-state index in [9.17, 15) is 0 Å². The van der Waals surface area contributed by atoms with Gasteiger partial charge in [-0.1, -0.05) is 11.2 Å². The molecule has 3 rings (SSSR count). The third-order valence-corrected chi connectivity index (χ3v) is 2.78. The zero-order valence-electron chi connectivity index (χ0n) is 10.5. The van der Waals surface area contributed by atoms with Crippen LogP contribution in [0.1, 0.15) is 5.69 Å². The monoisotopic (exact) mass is 256 g/mol. The smallest absolute Gasteiger partial charge is 0.263 e. The maximum atomic E-state index is 5.19. The molecule has 0 atom stereocenters. The van der Waals surface area contributed by atoms with Crippen molar-refractivity contribution in [1.29, 1.82) is 0 Å². The highest BCUT2D eigenvalue weighted by Crippen LogP contribution is 2.26. The molecule has 0 bridgehead atoms. The van der Waals surface area contributed by atoms with Gasteiger partial charge in [-0.15, -0.1) is 0 Å². The van der Waals surface area contributed by atoms with Gasteiger partial charge in [0.25, 0.3) is 5.71 Å². The van der Waals surface area contributed by atoms with E-state index in [-0.39, 0.29) is 0 Å². The normalized spacial score (nSPS) is 10.6. The number of nitrogens with zero attached hydrogens (tertiary/aromatic N) is 3. The third-order valence-electron chi connectivity index (χ3n) is 2.78. The highest BCUT2D eigenvalue weighted by atomic mass is 16.5. The number of hydrogen-bond donors (Lipinski definition) is 1. The second kappa shape index (κ2) is 4.56. The van der Waals surface area contributed by atoms with Crippen molar-refractivity contribution in [3.63, 3.8) is 0 Å². The van der Waals surface area contributed by atoms with E-state index in [1.54, 1.807) is 7.11 Å². The molecule has 0 aliphatic heterocycles. The van der Waals surface area contributed by atoms with Gasteiger partial charge in [0.2, 0.25) is 0 Å². The Hall–Kier alpha value is -2.63. The van der Waals surface area contributed by atoms with Gasteiger partial charge in [-0.05, 0) is 19.1 Å². The first-order valence-electron chi connectivity index (χ1n) is 5.76. The Morgan fingerprint density at radius 3 is 3.00 bits per heavy atom. The number of hydrogen-bond acceptors (Lipinski definition) is 6. The molecule has 6 heteroatoms. The van der Waals surface area contributed by atoms with Crippen LogP contribution in [-0.4, -0.2) is 22.2 Å². The largest absolute Gasteiger partial charge is 0.497 e. The lowest BCUT2D eigenvalue weighted by molar-refractivity contribution is 0.415. The molecule has 0 unspecified atom stereocenters. The van der Waals surface area contributed by atoms with E-state index in [0.717, 1.165) is 22.5 Å². The molecular weight excluding hydrogens is 244 g/mol. The average Bonchev–Trinajstić information content (AvgIpc) is 2.82. The van der Waals surface area contributed by atoms with Gasteiger partial charge in [-0.3, -0.25) is 0 Å². The second-order valence-corrected chi connectivity index (χ2v) is 4.03. The Kier molecular flexibility index (Phi) is 2.75. The number of aromatic nitrogens is 3. The molecule has 96 valence electrons. The standard InChI is InChI=1S/C13H12N4O2/c1-8-11-12(14-7-15-13(11)19-17-8)16-9-4-3-5-10(6-9)18-2/h3-7H,1-2H3,(H,14,15,16). The van der Waals surface area contributed by atoms with Crippen molar-refractivity contribution in [3.8, 4) is 5.75 Å². The minimum Gasteiger partial charge on any atom is -0.497 e. The number of anilines is 2. The topological polar surface area (TPSA) is 73.1 Å². The number of fused-ring (bicyclic) bond motifs is 1. The fourth-order valence-corrected chi connectivity index (χ4v) is 1.85. The van der Waals surface area contributed by atoms with Crippen LogP contribution >= 0.6 is 0 Å². The van der Waals surface area contributed by atoms with Gasteiger partial charge >= 0.3 is 0 Å². The first kappa shape index (κ1) is 11.5. The van der Waals surface area contributed by atoms with E-state index in [1.807, 2.05) is 31.2 Å². The Labute approximate surface area is 109 Å². The molecule has 0 spiro atoms. The molecule has 0 saturated carbocycles. The van der Waals surface area contributed by atoms with E-state index in [2.05, 4.69) is 20.4 Å². The summed E-state index contributed by atoms with van der Waals surface area (Å²) >= 11 is 0. The zero-order chi connectivity index (χ0) is 13.2. The van der Waals surface area contributed by atoms with Crippen LogP contribution in [0.2, 0.25) is 0 Å². The molecule has 2 aromatic heterocycles. The number of benzene rings is 1. The van der Waals surface area contributed by atoms with Gasteiger partial charge in [-0.2, -0.15) is 4.98 Å². The third kappa shape index (κ3) is 2.08. The minimum atomic E-state index is 0.470. The van der Waals surface area contributed by atoms with Crippen molar-refractivity contribution in [2.45, 2.75) is 6.92 Å². The van der Waals surface area contributed by atoms with Crippen LogP contribution in [0.4, 0.5) is 11.5 Å². The Morgan fingerprint density at radius 1 is 1.26 bits per heavy atom. The van der Waals surface area contributed by atoms with Crippen LogP contribution in [0.5, 0.6) is 5.75 Å². The average molecular weight is 256 g/mol. The van der Waals surface area contributed by atoms with Crippen LogP contribution in [0.3, 0.4) is 0 Å². The lowest BCUT2D eigenvalue weighted by Gasteiger charge is -2.07. The van der Waals surface area contributed by atoms with Crippen molar-refractivity contribution in [1.82, 2.24) is 15.1 Å². The molecule has 2 heterocycles. The maximum absolute atomic E-state index is 5.19. The van der Waals surface area contributed by atoms with E-state index in [0.29, 0.717) is 11.5 Å². The number of ether oxygens (including phenoxy) is 1. The van der Waals surface area contributed by atoms with Crippen molar-refractivity contribution in [2.75, 3.05) is 12.4 Å². The number of methoxy groups -OCH3 is 1. The lowest BCUT2D eigenvalue weighted by atomic mass is 10.2. The molecule has 0 amide bonds. The van der Waals surface area contributed by atoms with Crippen LogP contribution in [0.15, 0.2) is 35.1 Å². The Morgan fingerprint density at radius 2 is 2.16 bits per heavy atom. The van der Waals surface area contributed by atoms with E-state index >= 15 is 0 Å². The fraction of sp³-hybridized carbons (Fsp3) is 0.154. The summed E-state index contributed by atoms with van der Waals surface area (Å²) in [5, 5.41) is 7.89. The molecule has 0 fully saturated rings. The van der Waals surface area contributed by atoms with Crippen LogP contribution in [0, 0.1) is 6.92 Å². The molecule has 0 aliphatic rings. The first-order valence-corrected chi connectivity index (χ1v) is 5.76. The summed E-state index contributed by atoms with van der Waals surface area (Å²) in [5.41, 5.74) is 2.10. The molecule has 6 nitrogen and oxygen atoms in total. The summed E-state index contributed by atoms with van der Waals surface area (Å²) < 4.78 is 10.3. The molecule has 0 aliphatic carbocycles. The number of aryl methyl sites for hydroxylation is 1. The second-order valence-electron chi connectivity index (χ2n) is 4.03. The molecule has 1 aromatic carbocycles. The molecule has 3 aromatic rings. The van der Waals surface area contributed by atoms with E-state index in [1.165, 1.54) is 6.33 Å². The van der Waals surface area contributed by atoms with E-state index < -0.39 is 0 Å². The number of rotatable bonds is 3. The van der Waals surface area contributed by atoms with Crippen molar-refractivity contribution >= 4 is 22.6 Å². The quantitative estimate of drug-likeness (QED) is 0.776. The number of nitrogens with one attached hydrogen (secondary N) is 1. The Bertz CT molecular complexity index is 723. The summed E-state index contributed by atoms with van der Waals surface area (Å²) in [4.78, 5) is 8.26. The van der Waals surface area contributed by atoms with Crippen LogP contribution < -0.4 is 10.1 Å². The van der Waals surface area contributed by atoms with Crippen molar-refractivity contribution < 1.29 is 9.26 Å². The van der Waals surface area contributed by atoms with Gasteiger partial charge in [0.05, 0.1) is 12.8 Å². The Balaban J connectivity index is 2.03. The van der Waals surface area contributed by atoms with Gasteiger partial charge in [-0.25, -0.2) is 4.98 Å². The van der Waals surface area contributed by atoms with Crippen LogP contribution in [-0.2, 0) is 0 Å².